The summed E-state index contributed by atoms with van der Waals surface area (Å²) in [6, 6.07) is 15.4. The van der Waals surface area contributed by atoms with Gasteiger partial charge in [-0.05, 0) is 50.6 Å². The zero-order valence-electron chi connectivity index (χ0n) is 26.7. The number of halogens is 5. The van der Waals surface area contributed by atoms with Crippen molar-refractivity contribution in [2.45, 2.75) is 51.9 Å². The van der Waals surface area contributed by atoms with Crippen molar-refractivity contribution >= 4 is 5.97 Å². The van der Waals surface area contributed by atoms with Crippen LogP contribution in [-0.4, -0.2) is 41.9 Å². The summed E-state index contributed by atoms with van der Waals surface area (Å²) >= 11 is 0. The molecule has 1 aromatic heterocycles. The van der Waals surface area contributed by atoms with Crippen LogP contribution in [0.5, 0.6) is 5.75 Å². The summed E-state index contributed by atoms with van der Waals surface area (Å²) in [6.07, 6.45) is -4.30. The number of carbonyl (C=O) groups is 1. The Labute approximate surface area is 273 Å². The SMILES string of the molecule is CCOC(=O)CCCNC[C@@H](Cn1c(=O)c(-c2cccc(OC)c2F)c(C)n(Cc2c(F)cccc2C(F)(F)F)c1=O)c1ccccc1. The molecule has 0 bridgehead atoms. The van der Waals surface area contributed by atoms with Gasteiger partial charge in [-0.25, -0.2) is 13.6 Å². The molecule has 13 heteroatoms. The summed E-state index contributed by atoms with van der Waals surface area (Å²) in [5.41, 5.74) is -3.91. The van der Waals surface area contributed by atoms with Gasteiger partial charge in [0, 0.05) is 42.2 Å². The second-order valence-electron chi connectivity index (χ2n) is 11.1. The van der Waals surface area contributed by atoms with Gasteiger partial charge < -0.3 is 14.8 Å². The smallest absolute Gasteiger partial charge is 0.416 e. The van der Waals surface area contributed by atoms with Crippen LogP contribution in [0.25, 0.3) is 11.1 Å². The quantitative estimate of drug-likeness (QED) is 0.0996. The third kappa shape index (κ3) is 8.19. The first kappa shape index (κ1) is 36.1. The Morgan fingerprint density at radius 1 is 0.958 bits per heavy atom. The molecule has 0 saturated carbocycles. The van der Waals surface area contributed by atoms with Crippen molar-refractivity contribution in [3.05, 3.63) is 122 Å². The number of ether oxygens (including phenoxy) is 2. The largest absolute Gasteiger partial charge is 0.494 e. The van der Waals surface area contributed by atoms with Crippen molar-refractivity contribution in [3.63, 3.8) is 0 Å². The molecule has 256 valence electrons. The summed E-state index contributed by atoms with van der Waals surface area (Å²) in [5, 5.41) is 3.23. The molecule has 1 N–H and O–H groups in total. The molecule has 1 atom stereocenters. The fourth-order valence-corrected chi connectivity index (χ4v) is 5.56. The zero-order chi connectivity index (χ0) is 35.0. The average Bonchev–Trinajstić information content (AvgIpc) is 3.05. The van der Waals surface area contributed by atoms with Crippen molar-refractivity contribution < 1.29 is 36.2 Å². The summed E-state index contributed by atoms with van der Waals surface area (Å²) in [5.74, 6) is -3.18. The molecule has 0 unspecified atom stereocenters. The summed E-state index contributed by atoms with van der Waals surface area (Å²) < 4.78 is 84.3. The Morgan fingerprint density at radius 2 is 1.67 bits per heavy atom. The van der Waals surface area contributed by atoms with Crippen LogP contribution in [0, 0.1) is 18.6 Å². The minimum absolute atomic E-state index is 0.155. The Morgan fingerprint density at radius 3 is 2.33 bits per heavy atom. The molecule has 48 heavy (non-hydrogen) atoms. The van der Waals surface area contributed by atoms with Gasteiger partial charge in [-0.15, -0.1) is 0 Å². The third-order valence-corrected chi connectivity index (χ3v) is 7.98. The maximum atomic E-state index is 15.7. The number of alkyl halides is 3. The fourth-order valence-electron chi connectivity index (χ4n) is 5.56. The van der Waals surface area contributed by atoms with Gasteiger partial charge in [-0.3, -0.25) is 18.7 Å². The van der Waals surface area contributed by atoms with Crippen molar-refractivity contribution in [2.75, 3.05) is 26.8 Å². The van der Waals surface area contributed by atoms with E-state index in [2.05, 4.69) is 5.32 Å². The number of rotatable bonds is 14. The van der Waals surface area contributed by atoms with Gasteiger partial charge in [-0.1, -0.05) is 48.5 Å². The van der Waals surface area contributed by atoms with E-state index in [0.717, 1.165) is 26.8 Å². The van der Waals surface area contributed by atoms with Gasteiger partial charge in [0.2, 0.25) is 0 Å². The van der Waals surface area contributed by atoms with Crippen LogP contribution in [0.15, 0.2) is 76.3 Å². The molecule has 0 spiro atoms. The maximum Gasteiger partial charge on any atom is 0.416 e. The highest BCUT2D eigenvalue weighted by molar-refractivity contribution is 5.69. The van der Waals surface area contributed by atoms with Crippen molar-refractivity contribution in [3.8, 4) is 16.9 Å². The van der Waals surface area contributed by atoms with Gasteiger partial charge in [0.15, 0.2) is 11.6 Å². The molecular formula is C35H36F5N3O5. The van der Waals surface area contributed by atoms with Crippen molar-refractivity contribution in [2.24, 2.45) is 0 Å². The second-order valence-corrected chi connectivity index (χ2v) is 11.1. The maximum absolute atomic E-state index is 15.7. The molecule has 1 heterocycles. The number of hydrogen-bond acceptors (Lipinski definition) is 6. The molecule has 0 fully saturated rings. The first-order chi connectivity index (χ1) is 22.9. The second kappa shape index (κ2) is 15.9. The predicted octanol–water partition coefficient (Wildman–Crippen LogP) is 6.06. The van der Waals surface area contributed by atoms with Gasteiger partial charge in [0.1, 0.15) is 5.82 Å². The number of nitrogens with zero attached hydrogens (tertiary/aromatic N) is 2. The molecular weight excluding hydrogens is 637 g/mol. The van der Waals surface area contributed by atoms with Crippen LogP contribution in [0.4, 0.5) is 22.0 Å². The van der Waals surface area contributed by atoms with E-state index in [4.69, 9.17) is 9.47 Å². The number of benzene rings is 3. The third-order valence-electron chi connectivity index (χ3n) is 7.98. The Kier molecular flexibility index (Phi) is 11.9. The molecule has 0 radical (unpaired) electrons. The highest BCUT2D eigenvalue weighted by Gasteiger charge is 2.35. The number of esters is 1. The van der Waals surface area contributed by atoms with E-state index < -0.39 is 52.6 Å². The van der Waals surface area contributed by atoms with E-state index in [1.807, 2.05) is 0 Å². The molecule has 4 rings (SSSR count). The van der Waals surface area contributed by atoms with E-state index in [-0.39, 0.29) is 54.7 Å². The molecule has 4 aromatic rings. The standard InChI is InChI=1S/C35H36F5N3O5/c1-4-48-30(44)17-10-18-41-19-24(23-11-6-5-7-12-23)20-43-33(45)31(25-13-8-16-29(47-3)32(25)37)22(2)42(34(43)46)21-26-27(35(38,39)40)14-9-15-28(26)36/h5-9,11-16,24,41H,4,10,17-21H2,1-3H3/t24-/m0/s1. The molecule has 0 aliphatic rings. The van der Waals surface area contributed by atoms with E-state index in [9.17, 15) is 27.6 Å². The van der Waals surface area contributed by atoms with Crippen LogP contribution < -0.4 is 21.3 Å². The summed E-state index contributed by atoms with van der Waals surface area (Å²) in [4.78, 5) is 40.0. The Bertz CT molecular complexity index is 1850. The molecule has 3 aromatic carbocycles. The van der Waals surface area contributed by atoms with Crippen LogP contribution in [0.3, 0.4) is 0 Å². The lowest BCUT2D eigenvalue weighted by Gasteiger charge is -2.23. The first-order valence-electron chi connectivity index (χ1n) is 15.3. The topological polar surface area (TPSA) is 91.6 Å². The predicted molar refractivity (Wildman–Crippen MR) is 170 cm³/mol. The Hall–Kier alpha value is -4.78. The fraction of sp³-hybridized carbons (Fsp3) is 0.343. The lowest BCUT2D eigenvalue weighted by molar-refractivity contribution is -0.143. The Balaban J connectivity index is 1.86. The average molecular weight is 674 g/mol. The first-order valence-corrected chi connectivity index (χ1v) is 15.3. The van der Waals surface area contributed by atoms with E-state index >= 15 is 8.78 Å². The minimum atomic E-state index is -4.94. The molecule has 0 aliphatic heterocycles. The van der Waals surface area contributed by atoms with E-state index in [1.54, 1.807) is 37.3 Å². The monoisotopic (exact) mass is 673 g/mol. The van der Waals surface area contributed by atoms with Gasteiger partial charge in [-0.2, -0.15) is 13.2 Å². The molecule has 0 amide bonds. The van der Waals surface area contributed by atoms with E-state index in [0.29, 0.717) is 19.0 Å². The van der Waals surface area contributed by atoms with Crippen LogP contribution >= 0.6 is 0 Å². The number of nitrogens with one attached hydrogen (secondary N) is 1. The normalized spacial score (nSPS) is 12.2. The van der Waals surface area contributed by atoms with Crippen LogP contribution in [0.2, 0.25) is 0 Å². The summed E-state index contributed by atoms with van der Waals surface area (Å²) in [7, 11) is 1.23. The molecule has 8 nitrogen and oxygen atoms in total. The highest BCUT2D eigenvalue weighted by atomic mass is 19.4. The van der Waals surface area contributed by atoms with Gasteiger partial charge in [0.25, 0.3) is 5.56 Å². The van der Waals surface area contributed by atoms with Crippen LogP contribution in [0.1, 0.15) is 48.1 Å². The number of hydrogen-bond donors (Lipinski definition) is 1. The zero-order valence-corrected chi connectivity index (χ0v) is 26.7. The van der Waals surface area contributed by atoms with Gasteiger partial charge >= 0.3 is 17.8 Å². The minimum Gasteiger partial charge on any atom is -0.494 e. The number of carbonyl (C=O) groups excluding carboxylic acids is 1. The number of methoxy groups -OCH3 is 1. The lowest BCUT2D eigenvalue weighted by Crippen LogP contribution is -2.44. The van der Waals surface area contributed by atoms with Crippen molar-refractivity contribution in [1.82, 2.24) is 14.5 Å². The van der Waals surface area contributed by atoms with E-state index in [1.165, 1.54) is 32.2 Å². The van der Waals surface area contributed by atoms with Crippen LogP contribution in [-0.2, 0) is 28.8 Å². The lowest BCUT2D eigenvalue weighted by atomic mass is 9.98. The van der Waals surface area contributed by atoms with Gasteiger partial charge in [0.05, 0.1) is 31.4 Å². The summed E-state index contributed by atoms with van der Waals surface area (Å²) in [6.45, 7) is 2.78. The highest BCUT2D eigenvalue weighted by Crippen LogP contribution is 2.34. The number of aromatic nitrogens is 2. The molecule has 0 aliphatic carbocycles. The van der Waals surface area contributed by atoms with Crippen molar-refractivity contribution in [1.29, 1.82) is 0 Å². The molecule has 0 saturated heterocycles.